The molecule has 2 fully saturated rings. The number of aliphatic hydroxyl groups is 1. The summed E-state index contributed by atoms with van der Waals surface area (Å²) in [7, 11) is 0. The van der Waals surface area contributed by atoms with E-state index in [1.807, 2.05) is 6.92 Å². The zero-order valence-corrected chi connectivity index (χ0v) is 9.17. The average molecular weight is 198 g/mol. The van der Waals surface area contributed by atoms with Crippen LogP contribution in [0.4, 0.5) is 0 Å². The third-order valence-electron chi connectivity index (χ3n) is 4.14. The highest BCUT2D eigenvalue weighted by molar-refractivity contribution is 4.95. The smallest absolute Gasteiger partial charge is 0.0955 e. The van der Waals surface area contributed by atoms with E-state index >= 15 is 0 Å². The molecule has 0 aromatic rings. The summed E-state index contributed by atoms with van der Waals surface area (Å²) in [6.07, 6.45) is 8.57. The van der Waals surface area contributed by atoms with Gasteiger partial charge in [0.05, 0.1) is 11.7 Å². The van der Waals surface area contributed by atoms with Crippen LogP contribution in [0.15, 0.2) is 0 Å². The fraction of sp³-hybridized carbons (Fsp3) is 1.00. The molecule has 1 aliphatic heterocycles. The van der Waals surface area contributed by atoms with Crippen LogP contribution in [-0.2, 0) is 4.74 Å². The molecule has 0 radical (unpaired) electrons. The second kappa shape index (κ2) is 4.19. The Hall–Kier alpha value is -0.0800. The van der Waals surface area contributed by atoms with Crippen LogP contribution in [-0.4, -0.2) is 23.4 Å². The van der Waals surface area contributed by atoms with Crippen LogP contribution in [0.1, 0.15) is 51.9 Å². The van der Waals surface area contributed by atoms with Gasteiger partial charge in [-0.2, -0.15) is 0 Å². The Bertz CT molecular complexity index is 185. The minimum atomic E-state index is -0.510. The third-order valence-corrected chi connectivity index (χ3v) is 4.14. The van der Waals surface area contributed by atoms with Crippen LogP contribution in [0.5, 0.6) is 0 Å². The maximum absolute atomic E-state index is 10.6. The maximum Gasteiger partial charge on any atom is 0.0955 e. The molecule has 1 N–H and O–H groups in total. The average Bonchev–Trinajstić information content (AvgIpc) is 2.47. The first-order valence-corrected chi connectivity index (χ1v) is 6.07. The van der Waals surface area contributed by atoms with Gasteiger partial charge in [0, 0.05) is 13.0 Å². The van der Waals surface area contributed by atoms with Crippen molar-refractivity contribution in [3.05, 3.63) is 0 Å². The molecule has 0 aromatic heterocycles. The third kappa shape index (κ3) is 1.82. The number of hydrogen-bond acceptors (Lipinski definition) is 2. The van der Waals surface area contributed by atoms with Gasteiger partial charge in [0.1, 0.15) is 0 Å². The van der Waals surface area contributed by atoms with E-state index < -0.39 is 5.60 Å². The molecule has 2 rings (SSSR count). The molecule has 0 amide bonds. The van der Waals surface area contributed by atoms with Crippen molar-refractivity contribution >= 4 is 0 Å². The Balaban J connectivity index is 2.03. The van der Waals surface area contributed by atoms with E-state index in [1.54, 1.807) is 0 Å². The van der Waals surface area contributed by atoms with Gasteiger partial charge >= 0.3 is 0 Å². The molecule has 1 saturated carbocycles. The van der Waals surface area contributed by atoms with E-state index in [-0.39, 0.29) is 6.10 Å². The largest absolute Gasteiger partial charge is 0.387 e. The predicted octanol–water partition coefficient (Wildman–Crippen LogP) is 2.50. The molecule has 2 atom stereocenters. The molecule has 0 spiro atoms. The molecule has 2 nitrogen and oxygen atoms in total. The number of ether oxygens (including phenoxy) is 1. The van der Waals surface area contributed by atoms with Crippen molar-refractivity contribution in [3.8, 4) is 0 Å². The summed E-state index contributed by atoms with van der Waals surface area (Å²) >= 11 is 0. The predicted molar refractivity (Wildman–Crippen MR) is 56.2 cm³/mol. The quantitative estimate of drug-likeness (QED) is 0.656. The lowest BCUT2D eigenvalue weighted by molar-refractivity contribution is -0.0733. The van der Waals surface area contributed by atoms with Crippen LogP contribution >= 0.6 is 0 Å². The molecule has 1 heterocycles. The van der Waals surface area contributed by atoms with Gasteiger partial charge in [-0.1, -0.05) is 25.7 Å². The van der Waals surface area contributed by atoms with Crippen LogP contribution in [0.2, 0.25) is 0 Å². The first kappa shape index (κ1) is 10.4. The molecule has 1 saturated heterocycles. The molecular formula is C12H22O2. The minimum absolute atomic E-state index is 0.0469. The zero-order chi connectivity index (χ0) is 10.0. The normalized spacial score (nSPS) is 41.1. The Morgan fingerprint density at radius 3 is 2.29 bits per heavy atom. The first-order valence-electron chi connectivity index (χ1n) is 6.07. The van der Waals surface area contributed by atoms with Crippen molar-refractivity contribution in [1.82, 2.24) is 0 Å². The van der Waals surface area contributed by atoms with Crippen LogP contribution in [0.3, 0.4) is 0 Å². The highest BCUT2D eigenvalue weighted by atomic mass is 16.5. The second-order valence-electron chi connectivity index (χ2n) is 4.94. The molecular weight excluding hydrogens is 176 g/mol. The van der Waals surface area contributed by atoms with Crippen LogP contribution in [0.25, 0.3) is 0 Å². The number of rotatable bonds is 1. The summed E-state index contributed by atoms with van der Waals surface area (Å²) in [5, 5.41) is 10.6. The molecule has 2 unspecified atom stereocenters. The molecule has 14 heavy (non-hydrogen) atoms. The first-order chi connectivity index (χ1) is 6.73. The van der Waals surface area contributed by atoms with Crippen molar-refractivity contribution < 1.29 is 9.84 Å². The van der Waals surface area contributed by atoms with E-state index in [0.717, 1.165) is 13.0 Å². The van der Waals surface area contributed by atoms with Crippen molar-refractivity contribution in [2.75, 3.05) is 6.61 Å². The van der Waals surface area contributed by atoms with Crippen molar-refractivity contribution in [2.45, 2.75) is 63.6 Å². The van der Waals surface area contributed by atoms with Crippen LogP contribution < -0.4 is 0 Å². The van der Waals surface area contributed by atoms with E-state index in [1.165, 1.54) is 38.5 Å². The molecule has 2 heteroatoms. The van der Waals surface area contributed by atoms with E-state index in [2.05, 4.69) is 0 Å². The SMILES string of the molecule is CC1OCCC1(O)C1CCCCCC1. The summed E-state index contributed by atoms with van der Waals surface area (Å²) in [4.78, 5) is 0. The summed E-state index contributed by atoms with van der Waals surface area (Å²) < 4.78 is 5.51. The van der Waals surface area contributed by atoms with Crippen molar-refractivity contribution in [3.63, 3.8) is 0 Å². The van der Waals surface area contributed by atoms with E-state index in [0.29, 0.717) is 5.92 Å². The summed E-state index contributed by atoms with van der Waals surface area (Å²) in [6, 6.07) is 0. The van der Waals surface area contributed by atoms with Gasteiger partial charge in [-0.25, -0.2) is 0 Å². The van der Waals surface area contributed by atoms with Crippen molar-refractivity contribution in [2.24, 2.45) is 5.92 Å². The molecule has 1 aliphatic carbocycles. The van der Waals surface area contributed by atoms with Gasteiger partial charge < -0.3 is 9.84 Å². The Morgan fingerprint density at radius 1 is 1.14 bits per heavy atom. The Morgan fingerprint density at radius 2 is 1.79 bits per heavy atom. The van der Waals surface area contributed by atoms with Gasteiger partial charge in [0.15, 0.2) is 0 Å². The highest BCUT2D eigenvalue weighted by Crippen LogP contribution is 2.40. The standard InChI is InChI=1S/C12H22O2/c1-10-12(13,8-9-14-10)11-6-4-2-3-5-7-11/h10-11,13H,2-9H2,1H3. The maximum atomic E-state index is 10.6. The fourth-order valence-electron chi connectivity index (χ4n) is 3.06. The molecule has 0 bridgehead atoms. The summed E-state index contributed by atoms with van der Waals surface area (Å²) in [5.41, 5.74) is -0.510. The highest BCUT2D eigenvalue weighted by Gasteiger charge is 2.45. The van der Waals surface area contributed by atoms with E-state index in [4.69, 9.17) is 4.74 Å². The minimum Gasteiger partial charge on any atom is -0.387 e. The van der Waals surface area contributed by atoms with Gasteiger partial charge in [-0.05, 0) is 25.7 Å². The number of hydrogen-bond donors (Lipinski definition) is 1. The zero-order valence-electron chi connectivity index (χ0n) is 9.17. The Kier molecular flexibility index (Phi) is 3.13. The van der Waals surface area contributed by atoms with E-state index in [9.17, 15) is 5.11 Å². The van der Waals surface area contributed by atoms with Gasteiger partial charge in [0.25, 0.3) is 0 Å². The van der Waals surface area contributed by atoms with Crippen molar-refractivity contribution in [1.29, 1.82) is 0 Å². The van der Waals surface area contributed by atoms with Gasteiger partial charge in [0.2, 0.25) is 0 Å². The summed E-state index contributed by atoms with van der Waals surface area (Å²) in [5.74, 6) is 0.488. The van der Waals surface area contributed by atoms with Gasteiger partial charge in [-0.3, -0.25) is 0 Å². The second-order valence-corrected chi connectivity index (χ2v) is 4.94. The molecule has 82 valence electrons. The fourth-order valence-corrected chi connectivity index (χ4v) is 3.06. The lowest BCUT2D eigenvalue weighted by Gasteiger charge is -2.34. The van der Waals surface area contributed by atoms with Crippen LogP contribution in [0, 0.1) is 5.92 Å². The Labute approximate surface area is 86.6 Å². The van der Waals surface area contributed by atoms with Gasteiger partial charge in [-0.15, -0.1) is 0 Å². The lowest BCUT2D eigenvalue weighted by atomic mass is 9.78. The molecule has 2 aliphatic rings. The lowest BCUT2D eigenvalue weighted by Crippen LogP contribution is -2.43. The summed E-state index contributed by atoms with van der Waals surface area (Å²) in [6.45, 7) is 2.77. The molecule has 0 aromatic carbocycles. The monoisotopic (exact) mass is 198 g/mol. The topological polar surface area (TPSA) is 29.5 Å².